The first kappa shape index (κ1) is 14.9. The highest BCUT2D eigenvalue weighted by Crippen LogP contribution is 2.33. The molecule has 3 heterocycles. The first-order chi connectivity index (χ1) is 11.1. The number of hydrogen-bond acceptors (Lipinski definition) is 4. The second-order valence-corrected chi connectivity index (χ2v) is 7.26. The van der Waals surface area contributed by atoms with Crippen LogP contribution in [0.15, 0.2) is 4.79 Å². The molecule has 0 spiro atoms. The van der Waals surface area contributed by atoms with E-state index in [1.807, 2.05) is 11.9 Å². The topological polar surface area (TPSA) is 69.3 Å². The van der Waals surface area contributed by atoms with Gasteiger partial charge in [0, 0.05) is 44.4 Å². The zero-order valence-electron chi connectivity index (χ0n) is 13.7. The van der Waals surface area contributed by atoms with Gasteiger partial charge in [0.15, 0.2) is 0 Å². The van der Waals surface area contributed by atoms with E-state index in [0.29, 0.717) is 19.0 Å². The van der Waals surface area contributed by atoms with Crippen LogP contribution in [0.25, 0.3) is 0 Å². The number of amides is 1. The van der Waals surface area contributed by atoms with Crippen molar-refractivity contribution in [2.75, 3.05) is 26.7 Å². The first-order valence-corrected chi connectivity index (χ1v) is 8.71. The number of hydrogen-bond donors (Lipinski definition) is 1. The molecule has 0 aromatic carbocycles. The molecule has 0 bridgehead atoms. The fourth-order valence-electron chi connectivity index (χ4n) is 3.76. The molecule has 1 saturated carbocycles. The number of carbonyl (C=O) groups excluding carboxylic acids is 1. The summed E-state index contributed by atoms with van der Waals surface area (Å²) in [5.74, 6) is 1.52. The van der Waals surface area contributed by atoms with Gasteiger partial charge in [-0.25, -0.2) is 4.98 Å². The van der Waals surface area contributed by atoms with Crippen molar-refractivity contribution in [3.63, 3.8) is 0 Å². The third-order valence-corrected chi connectivity index (χ3v) is 5.32. The van der Waals surface area contributed by atoms with Gasteiger partial charge in [-0.2, -0.15) is 0 Å². The summed E-state index contributed by atoms with van der Waals surface area (Å²) < 4.78 is 0. The summed E-state index contributed by atoms with van der Waals surface area (Å²) in [6, 6.07) is 0. The molecule has 1 unspecified atom stereocenters. The molecule has 2 aliphatic heterocycles. The van der Waals surface area contributed by atoms with Gasteiger partial charge in [-0.3, -0.25) is 9.59 Å². The molecular weight excluding hydrogens is 292 g/mol. The van der Waals surface area contributed by atoms with E-state index in [0.717, 1.165) is 62.3 Å². The Balaban J connectivity index is 1.56. The van der Waals surface area contributed by atoms with Gasteiger partial charge in [0.25, 0.3) is 5.56 Å². The van der Waals surface area contributed by atoms with Gasteiger partial charge in [0.2, 0.25) is 5.91 Å². The van der Waals surface area contributed by atoms with Crippen molar-refractivity contribution in [1.82, 2.24) is 19.8 Å². The Labute approximate surface area is 135 Å². The number of likely N-dealkylation sites (N-methyl/N-ethyl adjacent to an activating group) is 1. The summed E-state index contributed by atoms with van der Waals surface area (Å²) in [5.41, 5.74) is 1.76. The second kappa shape index (κ2) is 5.74. The first-order valence-electron chi connectivity index (χ1n) is 8.71. The van der Waals surface area contributed by atoms with Gasteiger partial charge in [0.1, 0.15) is 5.82 Å². The predicted octanol–water partition coefficient (Wildman–Crippen LogP) is 0.874. The largest absolute Gasteiger partial charge is 0.342 e. The third-order valence-electron chi connectivity index (χ3n) is 5.32. The number of aromatic nitrogens is 2. The van der Waals surface area contributed by atoms with Crippen molar-refractivity contribution in [2.45, 2.75) is 44.6 Å². The van der Waals surface area contributed by atoms with E-state index in [9.17, 15) is 9.59 Å². The molecule has 23 heavy (non-hydrogen) atoms. The highest BCUT2D eigenvalue weighted by molar-refractivity contribution is 5.81. The van der Waals surface area contributed by atoms with Gasteiger partial charge in [0.05, 0.1) is 11.3 Å². The van der Waals surface area contributed by atoms with E-state index in [2.05, 4.69) is 9.88 Å². The zero-order chi connectivity index (χ0) is 16.0. The van der Waals surface area contributed by atoms with Crippen molar-refractivity contribution in [2.24, 2.45) is 5.92 Å². The number of rotatable bonds is 2. The Morgan fingerprint density at radius 3 is 2.87 bits per heavy atom. The van der Waals surface area contributed by atoms with Crippen molar-refractivity contribution < 1.29 is 4.79 Å². The quantitative estimate of drug-likeness (QED) is 0.879. The molecular formula is C17H24N4O2. The van der Waals surface area contributed by atoms with Crippen LogP contribution in [0.3, 0.4) is 0 Å². The standard InChI is InChI=1S/C17H24N4O2/c1-20-8-6-14-13(10-20)16(22)19-15(18-14)12-3-2-7-21(9-12)17(23)11-4-5-11/h11-12H,2-10H2,1H3,(H,18,19,22). The molecule has 2 fully saturated rings. The summed E-state index contributed by atoms with van der Waals surface area (Å²) in [6.45, 7) is 3.18. The maximum atomic E-state index is 12.4. The number of nitrogens with one attached hydrogen (secondary N) is 1. The second-order valence-electron chi connectivity index (χ2n) is 7.26. The third kappa shape index (κ3) is 2.92. The molecule has 6 nitrogen and oxygen atoms in total. The molecule has 124 valence electrons. The highest BCUT2D eigenvalue weighted by Gasteiger charge is 2.36. The van der Waals surface area contributed by atoms with Gasteiger partial charge in [-0.05, 0) is 32.7 Å². The highest BCUT2D eigenvalue weighted by atomic mass is 16.2. The summed E-state index contributed by atoms with van der Waals surface area (Å²) in [7, 11) is 2.03. The molecule has 1 aromatic rings. The number of nitrogens with zero attached hydrogens (tertiary/aromatic N) is 3. The van der Waals surface area contributed by atoms with Crippen molar-refractivity contribution in [3.05, 3.63) is 27.4 Å². The van der Waals surface area contributed by atoms with Crippen LogP contribution in [-0.4, -0.2) is 52.4 Å². The maximum Gasteiger partial charge on any atom is 0.255 e. The number of carbonyl (C=O) groups is 1. The Bertz CT molecular complexity index is 680. The Morgan fingerprint density at radius 2 is 2.09 bits per heavy atom. The van der Waals surface area contributed by atoms with Gasteiger partial charge < -0.3 is 14.8 Å². The molecule has 1 atom stereocenters. The summed E-state index contributed by atoms with van der Waals surface area (Å²) in [5, 5.41) is 0. The normalized spacial score (nSPS) is 25.3. The molecule has 1 aliphatic carbocycles. The Kier molecular flexibility index (Phi) is 3.71. The number of fused-ring (bicyclic) bond motifs is 1. The lowest BCUT2D eigenvalue weighted by molar-refractivity contribution is -0.133. The van der Waals surface area contributed by atoms with Crippen molar-refractivity contribution in [1.29, 1.82) is 0 Å². The molecule has 4 rings (SSSR count). The van der Waals surface area contributed by atoms with Crippen LogP contribution < -0.4 is 5.56 Å². The minimum atomic E-state index is 0.00203. The van der Waals surface area contributed by atoms with Gasteiger partial charge >= 0.3 is 0 Å². The van der Waals surface area contributed by atoms with E-state index >= 15 is 0 Å². The van der Waals surface area contributed by atoms with Gasteiger partial charge in [-0.15, -0.1) is 0 Å². The van der Waals surface area contributed by atoms with Crippen LogP contribution in [0.5, 0.6) is 0 Å². The molecule has 1 N–H and O–H groups in total. The molecule has 1 amide bonds. The van der Waals surface area contributed by atoms with Crippen LogP contribution in [0.2, 0.25) is 0 Å². The minimum Gasteiger partial charge on any atom is -0.342 e. The molecule has 6 heteroatoms. The summed E-state index contributed by atoms with van der Waals surface area (Å²) in [4.78, 5) is 36.6. The predicted molar refractivity (Wildman–Crippen MR) is 86.2 cm³/mol. The van der Waals surface area contributed by atoms with Crippen LogP contribution in [0.4, 0.5) is 0 Å². The van der Waals surface area contributed by atoms with Crippen LogP contribution in [-0.2, 0) is 17.8 Å². The smallest absolute Gasteiger partial charge is 0.255 e. The Hall–Kier alpha value is -1.69. The van der Waals surface area contributed by atoms with E-state index in [1.165, 1.54) is 0 Å². The number of H-pyrrole nitrogens is 1. The lowest BCUT2D eigenvalue weighted by Gasteiger charge is -2.33. The zero-order valence-corrected chi connectivity index (χ0v) is 13.7. The fourth-order valence-corrected chi connectivity index (χ4v) is 3.76. The van der Waals surface area contributed by atoms with Crippen LogP contribution in [0, 0.1) is 5.92 Å². The number of piperidine rings is 1. The number of aromatic amines is 1. The Morgan fingerprint density at radius 1 is 1.26 bits per heavy atom. The molecule has 1 aromatic heterocycles. The maximum absolute atomic E-state index is 12.4. The monoisotopic (exact) mass is 316 g/mol. The molecule has 3 aliphatic rings. The van der Waals surface area contributed by atoms with Gasteiger partial charge in [-0.1, -0.05) is 0 Å². The van der Waals surface area contributed by atoms with Crippen LogP contribution >= 0.6 is 0 Å². The molecule has 1 saturated heterocycles. The fraction of sp³-hybridized carbons (Fsp3) is 0.706. The van der Waals surface area contributed by atoms with E-state index in [4.69, 9.17) is 4.98 Å². The molecule has 0 radical (unpaired) electrons. The average Bonchev–Trinajstić information content (AvgIpc) is 3.40. The van der Waals surface area contributed by atoms with E-state index in [-0.39, 0.29) is 17.4 Å². The van der Waals surface area contributed by atoms with Crippen LogP contribution in [0.1, 0.15) is 48.7 Å². The van der Waals surface area contributed by atoms with Crippen molar-refractivity contribution in [3.8, 4) is 0 Å². The SMILES string of the molecule is CN1CCc2nc(C3CCCN(C(=O)C4CC4)C3)[nH]c(=O)c2C1. The average molecular weight is 316 g/mol. The van der Waals surface area contributed by atoms with E-state index < -0.39 is 0 Å². The minimum absolute atomic E-state index is 0.00203. The lowest BCUT2D eigenvalue weighted by Crippen LogP contribution is -2.41. The number of likely N-dealkylation sites (tertiary alicyclic amines) is 1. The lowest BCUT2D eigenvalue weighted by atomic mass is 9.96. The van der Waals surface area contributed by atoms with Crippen molar-refractivity contribution >= 4 is 5.91 Å². The summed E-state index contributed by atoms with van der Waals surface area (Å²) >= 11 is 0. The van der Waals surface area contributed by atoms with E-state index in [1.54, 1.807) is 0 Å². The summed E-state index contributed by atoms with van der Waals surface area (Å²) in [6.07, 6.45) is 4.91.